The predicted molar refractivity (Wildman–Crippen MR) is 117 cm³/mol. The molecule has 7 nitrogen and oxygen atoms in total. The van der Waals surface area contributed by atoms with Crippen molar-refractivity contribution in [1.29, 1.82) is 0 Å². The van der Waals surface area contributed by atoms with E-state index in [1.54, 1.807) is 31.3 Å². The summed E-state index contributed by atoms with van der Waals surface area (Å²) in [5.74, 6) is -1.12. The Hall–Kier alpha value is -4.07. The average Bonchev–Trinajstić information content (AvgIpc) is 2.79. The van der Waals surface area contributed by atoms with Crippen molar-refractivity contribution in [3.8, 4) is 22.6 Å². The van der Waals surface area contributed by atoms with Crippen molar-refractivity contribution in [2.45, 2.75) is 6.54 Å². The van der Waals surface area contributed by atoms with Gasteiger partial charge in [0, 0.05) is 30.3 Å². The van der Waals surface area contributed by atoms with E-state index in [9.17, 15) is 19.1 Å². The fourth-order valence-corrected chi connectivity index (χ4v) is 3.77. The number of halogens is 1. The van der Waals surface area contributed by atoms with Crippen LogP contribution < -0.4 is 20.0 Å². The van der Waals surface area contributed by atoms with Gasteiger partial charge in [-0.25, -0.2) is 14.0 Å². The number of rotatable bonds is 6. The van der Waals surface area contributed by atoms with E-state index in [1.807, 2.05) is 18.2 Å². The Morgan fingerprint density at radius 1 is 1.12 bits per heavy atom. The molecule has 0 atom stereocenters. The number of carbonyl (C=O) groups is 1. The minimum absolute atomic E-state index is 0.219. The molecule has 2 heterocycles. The zero-order valence-electron chi connectivity index (χ0n) is 17.4. The van der Waals surface area contributed by atoms with Gasteiger partial charge in [-0.3, -0.25) is 0 Å². The Kier molecular flexibility index (Phi) is 5.68. The molecule has 0 amide bonds. The minimum Gasteiger partial charge on any atom is -0.497 e. The molecule has 0 spiro atoms. The Morgan fingerprint density at radius 3 is 2.38 bits per heavy atom. The lowest BCUT2D eigenvalue weighted by atomic mass is 9.95. The maximum atomic E-state index is 13.5. The molecular formula is C24H20FNO6. The molecule has 0 unspecified atom stereocenters. The monoisotopic (exact) mass is 437 g/mol. The maximum Gasteiger partial charge on any atom is 0.372 e. The van der Waals surface area contributed by atoms with Gasteiger partial charge in [0.2, 0.25) is 5.76 Å². The molecule has 0 bridgehead atoms. The summed E-state index contributed by atoms with van der Waals surface area (Å²) in [6.07, 6.45) is 3.53. The second kappa shape index (κ2) is 8.58. The molecule has 1 aromatic heterocycles. The first-order valence-electron chi connectivity index (χ1n) is 9.75. The Balaban J connectivity index is 1.86. The van der Waals surface area contributed by atoms with Crippen molar-refractivity contribution < 1.29 is 28.2 Å². The lowest BCUT2D eigenvalue weighted by molar-refractivity contribution is 0.0658. The van der Waals surface area contributed by atoms with Gasteiger partial charge in [0.1, 0.15) is 23.0 Å². The van der Waals surface area contributed by atoms with Crippen molar-refractivity contribution >= 4 is 17.7 Å². The largest absolute Gasteiger partial charge is 0.497 e. The van der Waals surface area contributed by atoms with Gasteiger partial charge in [-0.2, -0.15) is 0 Å². The van der Waals surface area contributed by atoms with Crippen LogP contribution >= 0.6 is 0 Å². The SMILES string of the molecule is COc1cc(CN2CC=Cc3c(-c4ccc(F)cc4)c(C(=O)O)oc(=O)c32)cc(OC)c1. The van der Waals surface area contributed by atoms with E-state index in [2.05, 4.69) is 0 Å². The van der Waals surface area contributed by atoms with Gasteiger partial charge in [-0.05, 0) is 35.4 Å². The first-order valence-corrected chi connectivity index (χ1v) is 9.75. The Labute approximate surface area is 182 Å². The summed E-state index contributed by atoms with van der Waals surface area (Å²) in [6.45, 7) is 0.734. The topological polar surface area (TPSA) is 89.2 Å². The standard InChI is InChI=1S/C24H20FNO6/c1-30-17-10-14(11-18(12-17)31-2)13-26-9-3-4-19-20(15-5-7-16(25)8-6-15)22(23(27)28)32-24(29)21(19)26/h3-8,10-12H,9,13H2,1-2H3,(H,27,28). The van der Waals surface area contributed by atoms with Crippen molar-refractivity contribution in [3.63, 3.8) is 0 Å². The summed E-state index contributed by atoms with van der Waals surface area (Å²) in [5.41, 5.74) is 1.36. The number of benzene rings is 2. The number of anilines is 1. The summed E-state index contributed by atoms with van der Waals surface area (Å²) >= 11 is 0. The second-order valence-corrected chi connectivity index (χ2v) is 7.17. The molecule has 4 rings (SSSR count). The van der Waals surface area contributed by atoms with Gasteiger partial charge in [0.25, 0.3) is 0 Å². The molecule has 0 aliphatic carbocycles. The van der Waals surface area contributed by atoms with E-state index < -0.39 is 23.2 Å². The van der Waals surface area contributed by atoms with E-state index in [0.717, 1.165) is 5.56 Å². The molecule has 0 radical (unpaired) electrons. The number of aromatic carboxylic acids is 1. The minimum atomic E-state index is -1.38. The van der Waals surface area contributed by atoms with E-state index in [-0.39, 0.29) is 11.3 Å². The molecule has 0 saturated carbocycles. The normalized spacial score (nSPS) is 12.4. The summed E-state index contributed by atoms with van der Waals surface area (Å²) in [5, 5.41) is 9.65. The highest BCUT2D eigenvalue weighted by Gasteiger charge is 2.28. The van der Waals surface area contributed by atoms with E-state index >= 15 is 0 Å². The number of carboxylic acid groups (broad SMARTS) is 1. The molecule has 8 heteroatoms. The number of ether oxygens (including phenoxy) is 2. The Bertz CT molecular complexity index is 1240. The first-order chi connectivity index (χ1) is 15.4. The first kappa shape index (κ1) is 21.2. The number of hydrogen-bond donors (Lipinski definition) is 1. The lowest BCUT2D eigenvalue weighted by Crippen LogP contribution is -2.31. The Morgan fingerprint density at radius 2 is 1.78 bits per heavy atom. The van der Waals surface area contributed by atoms with Crippen molar-refractivity contribution in [3.05, 3.63) is 81.7 Å². The highest BCUT2D eigenvalue weighted by Crippen LogP contribution is 2.36. The fraction of sp³-hybridized carbons (Fsp3) is 0.167. The van der Waals surface area contributed by atoms with Crippen molar-refractivity contribution in [2.75, 3.05) is 25.7 Å². The maximum absolute atomic E-state index is 13.5. The molecule has 32 heavy (non-hydrogen) atoms. The number of methoxy groups -OCH3 is 2. The van der Waals surface area contributed by atoms with Crippen LogP contribution in [0.2, 0.25) is 0 Å². The smallest absolute Gasteiger partial charge is 0.372 e. The van der Waals surface area contributed by atoms with E-state index in [0.29, 0.717) is 35.7 Å². The van der Waals surface area contributed by atoms with Crippen LogP contribution in [-0.4, -0.2) is 31.8 Å². The van der Waals surface area contributed by atoms with Crippen LogP contribution in [0.3, 0.4) is 0 Å². The molecule has 0 fully saturated rings. The van der Waals surface area contributed by atoms with Gasteiger partial charge in [-0.1, -0.05) is 24.3 Å². The molecule has 1 aliphatic heterocycles. The third kappa shape index (κ3) is 3.94. The van der Waals surface area contributed by atoms with Crippen LogP contribution in [0.4, 0.5) is 10.1 Å². The molecule has 3 aromatic rings. The van der Waals surface area contributed by atoms with Crippen LogP contribution in [0.5, 0.6) is 11.5 Å². The summed E-state index contributed by atoms with van der Waals surface area (Å²) in [7, 11) is 3.10. The van der Waals surface area contributed by atoms with Crippen molar-refractivity contribution in [2.24, 2.45) is 0 Å². The van der Waals surface area contributed by atoms with Gasteiger partial charge < -0.3 is 23.9 Å². The van der Waals surface area contributed by atoms with Crippen molar-refractivity contribution in [1.82, 2.24) is 0 Å². The molecule has 1 aliphatic rings. The fourth-order valence-electron chi connectivity index (χ4n) is 3.77. The quantitative estimate of drug-likeness (QED) is 0.618. The highest BCUT2D eigenvalue weighted by molar-refractivity contribution is 5.98. The lowest BCUT2D eigenvalue weighted by Gasteiger charge is -2.28. The van der Waals surface area contributed by atoms with Crippen LogP contribution in [0.1, 0.15) is 21.7 Å². The summed E-state index contributed by atoms with van der Waals surface area (Å²) < 4.78 is 29.3. The third-order valence-electron chi connectivity index (χ3n) is 5.18. The van der Waals surface area contributed by atoms with Crippen LogP contribution in [-0.2, 0) is 6.54 Å². The summed E-state index contributed by atoms with van der Waals surface area (Å²) in [4.78, 5) is 26.5. The van der Waals surface area contributed by atoms with Crippen LogP contribution in [0.25, 0.3) is 17.2 Å². The van der Waals surface area contributed by atoms with Gasteiger partial charge in [-0.15, -0.1) is 0 Å². The number of nitrogens with zero attached hydrogens (tertiary/aromatic N) is 1. The second-order valence-electron chi connectivity index (χ2n) is 7.17. The van der Waals surface area contributed by atoms with Gasteiger partial charge in [0.05, 0.1) is 14.2 Å². The zero-order valence-corrected chi connectivity index (χ0v) is 17.4. The molecule has 1 N–H and O–H groups in total. The summed E-state index contributed by atoms with van der Waals surface area (Å²) in [6, 6.07) is 10.8. The zero-order chi connectivity index (χ0) is 22.8. The van der Waals surface area contributed by atoms with E-state index in [1.165, 1.54) is 24.3 Å². The average molecular weight is 437 g/mol. The molecule has 0 saturated heterocycles. The number of fused-ring (bicyclic) bond motifs is 1. The predicted octanol–water partition coefficient (Wildman–Crippen LogP) is 4.19. The van der Waals surface area contributed by atoms with Crippen LogP contribution in [0.15, 0.2) is 57.8 Å². The number of hydrogen-bond acceptors (Lipinski definition) is 6. The molecule has 164 valence electrons. The highest BCUT2D eigenvalue weighted by atomic mass is 19.1. The molecule has 2 aromatic carbocycles. The van der Waals surface area contributed by atoms with E-state index in [4.69, 9.17) is 13.9 Å². The third-order valence-corrected chi connectivity index (χ3v) is 5.18. The van der Waals surface area contributed by atoms with Crippen LogP contribution in [0, 0.1) is 5.82 Å². The van der Waals surface area contributed by atoms with Gasteiger partial charge >= 0.3 is 11.6 Å². The molecular weight excluding hydrogens is 417 g/mol. The van der Waals surface area contributed by atoms with Gasteiger partial charge in [0.15, 0.2) is 0 Å². The number of carboxylic acids is 1.